The summed E-state index contributed by atoms with van der Waals surface area (Å²) in [4.78, 5) is 2.51. The zero-order valence-electron chi connectivity index (χ0n) is 12.6. The van der Waals surface area contributed by atoms with Gasteiger partial charge in [0.15, 0.2) is 0 Å². The van der Waals surface area contributed by atoms with Crippen molar-refractivity contribution in [3.05, 3.63) is 34.3 Å². The van der Waals surface area contributed by atoms with Crippen molar-refractivity contribution in [3.63, 3.8) is 0 Å². The van der Waals surface area contributed by atoms with E-state index in [9.17, 15) is 0 Å². The van der Waals surface area contributed by atoms with Crippen molar-refractivity contribution in [3.8, 4) is 0 Å². The standard InChI is InChI=1S/C16H25BrN2O/c1-12-10-19(11-13(2)20-12)9-8-16(18-3)14-6-4-5-7-15(14)17/h4-7,12-13,16,18H,8-11H2,1-3H3. The monoisotopic (exact) mass is 340 g/mol. The third-order valence-corrected chi connectivity index (χ3v) is 4.58. The van der Waals surface area contributed by atoms with Crippen molar-refractivity contribution in [1.82, 2.24) is 10.2 Å². The number of hydrogen-bond donors (Lipinski definition) is 1. The second kappa shape index (κ2) is 7.55. The van der Waals surface area contributed by atoms with E-state index in [2.05, 4.69) is 64.3 Å². The van der Waals surface area contributed by atoms with Crippen LogP contribution in [0.2, 0.25) is 0 Å². The second-order valence-corrected chi connectivity index (χ2v) is 6.52. The molecule has 0 saturated carbocycles. The first-order valence-electron chi connectivity index (χ1n) is 7.39. The number of nitrogens with one attached hydrogen (secondary N) is 1. The quantitative estimate of drug-likeness (QED) is 0.890. The molecular weight excluding hydrogens is 316 g/mol. The highest BCUT2D eigenvalue weighted by Gasteiger charge is 2.23. The molecule has 3 atom stereocenters. The SMILES string of the molecule is CNC(CCN1CC(C)OC(C)C1)c1ccccc1Br. The average molecular weight is 341 g/mol. The molecule has 0 spiro atoms. The normalized spacial score (nSPS) is 25.6. The van der Waals surface area contributed by atoms with Crippen LogP contribution in [0.15, 0.2) is 28.7 Å². The second-order valence-electron chi connectivity index (χ2n) is 5.67. The Balaban J connectivity index is 1.93. The number of rotatable bonds is 5. The molecule has 1 saturated heterocycles. The molecule has 0 aromatic heterocycles. The maximum atomic E-state index is 5.79. The van der Waals surface area contributed by atoms with E-state index in [-0.39, 0.29) is 0 Å². The predicted octanol–water partition coefficient (Wildman–Crippen LogP) is 3.21. The Labute approximate surface area is 130 Å². The highest BCUT2D eigenvalue weighted by Crippen LogP contribution is 2.25. The molecule has 0 bridgehead atoms. The van der Waals surface area contributed by atoms with E-state index in [4.69, 9.17) is 4.74 Å². The highest BCUT2D eigenvalue weighted by molar-refractivity contribution is 9.10. The van der Waals surface area contributed by atoms with Crippen LogP contribution in [-0.2, 0) is 4.74 Å². The number of ether oxygens (including phenoxy) is 1. The summed E-state index contributed by atoms with van der Waals surface area (Å²) >= 11 is 3.65. The zero-order valence-corrected chi connectivity index (χ0v) is 14.2. The minimum Gasteiger partial charge on any atom is -0.373 e. The molecule has 1 fully saturated rings. The maximum absolute atomic E-state index is 5.79. The number of benzene rings is 1. The van der Waals surface area contributed by atoms with Crippen LogP contribution in [0.5, 0.6) is 0 Å². The molecule has 1 aliphatic heterocycles. The van der Waals surface area contributed by atoms with Gasteiger partial charge in [-0.3, -0.25) is 4.90 Å². The van der Waals surface area contributed by atoms with Gasteiger partial charge in [-0.25, -0.2) is 0 Å². The fourth-order valence-corrected chi connectivity index (χ4v) is 3.55. The summed E-state index contributed by atoms with van der Waals surface area (Å²) in [5.74, 6) is 0. The molecular formula is C16H25BrN2O. The Bertz CT molecular complexity index is 417. The van der Waals surface area contributed by atoms with Gasteiger partial charge < -0.3 is 10.1 Å². The van der Waals surface area contributed by atoms with Crippen molar-refractivity contribution in [2.24, 2.45) is 0 Å². The van der Waals surface area contributed by atoms with Gasteiger partial charge >= 0.3 is 0 Å². The average Bonchev–Trinajstić information content (AvgIpc) is 2.40. The molecule has 1 heterocycles. The van der Waals surface area contributed by atoms with Crippen molar-refractivity contribution < 1.29 is 4.74 Å². The Kier molecular flexibility index (Phi) is 6.02. The van der Waals surface area contributed by atoms with Gasteiger partial charge in [-0.15, -0.1) is 0 Å². The van der Waals surface area contributed by atoms with Gasteiger partial charge in [0.05, 0.1) is 12.2 Å². The fraction of sp³-hybridized carbons (Fsp3) is 0.625. The van der Waals surface area contributed by atoms with E-state index in [0.717, 1.165) is 26.1 Å². The molecule has 1 aromatic rings. The van der Waals surface area contributed by atoms with E-state index < -0.39 is 0 Å². The first kappa shape index (κ1) is 16.0. The van der Waals surface area contributed by atoms with Crippen LogP contribution >= 0.6 is 15.9 Å². The van der Waals surface area contributed by atoms with E-state index in [1.807, 2.05) is 7.05 Å². The smallest absolute Gasteiger partial charge is 0.0678 e. The van der Waals surface area contributed by atoms with Crippen LogP contribution in [0.25, 0.3) is 0 Å². The van der Waals surface area contributed by atoms with E-state index in [0.29, 0.717) is 18.2 Å². The summed E-state index contributed by atoms with van der Waals surface area (Å²) in [7, 11) is 2.04. The topological polar surface area (TPSA) is 24.5 Å². The molecule has 0 amide bonds. The zero-order chi connectivity index (χ0) is 14.5. The summed E-state index contributed by atoms with van der Waals surface area (Å²) in [5, 5.41) is 3.43. The highest BCUT2D eigenvalue weighted by atomic mass is 79.9. The Hall–Kier alpha value is -0.420. The van der Waals surface area contributed by atoms with Crippen molar-refractivity contribution in [2.45, 2.75) is 38.5 Å². The number of hydrogen-bond acceptors (Lipinski definition) is 3. The molecule has 1 N–H and O–H groups in total. The Morgan fingerprint density at radius 1 is 1.30 bits per heavy atom. The molecule has 3 unspecified atom stereocenters. The van der Waals surface area contributed by atoms with Gasteiger partial charge in [-0.05, 0) is 38.9 Å². The van der Waals surface area contributed by atoms with Crippen LogP contribution in [0.3, 0.4) is 0 Å². The van der Waals surface area contributed by atoms with Gasteiger partial charge in [-0.2, -0.15) is 0 Å². The molecule has 4 heteroatoms. The minimum atomic E-state index is 0.343. The van der Waals surface area contributed by atoms with Crippen LogP contribution in [-0.4, -0.2) is 43.8 Å². The maximum Gasteiger partial charge on any atom is 0.0678 e. The summed E-state index contributed by atoms with van der Waals surface area (Å²) in [6.45, 7) is 7.50. The van der Waals surface area contributed by atoms with Gasteiger partial charge in [0, 0.05) is 30.1 Å². The lowest BCUT2D eigenvalue weighted by atomic mass is 10.0. The lowest BCUT2D eigenvalue weighted by Gasteiger charge is -2.36. The summed E-state index contributed by atoms with van der Waals surface area (Å²) < 4.78 is 6.97. The van der Waals surface area contributed by atoms with Crippen molar-refractivity contribution in [2.75, 3.05) is 26.7 Å². The van der Waals surface area contributed by atoms with Crippen LogP contribution in [0.1, 0.15) is 31.9 Å². The van der Waals surface area contributed by atoms with E-state index in [1.54, 1.807) is 0 Å². The third kappa shape index (κ3) is 4.29. The molecule has 0 aliphatic carbocycles. The number of morpholine rings is 1. The molecule has 1 aromatic carbocycles. The molecule has 112 valence electrons. The molecule has 3 nitrogen and oxygen atoms in total. The fourth-order valence-electron chi connectivity index (χ4n) is 2.99. The number of nitrogens with zero attached hydrogens (tertiary/aromatic N) is 1. The summed E-state index contributed by atoms with van der Waals surface area (Å²) in [6.07, 6.45) is 1.80. The largest absolute Gasteiger partial charge is 0.373 e. The van der Waals surface area contributed by atoms with Crippen LogP contribution in [0, 0.1) is 0 Å². The Morgan fingerprint density at radius 2 is 1.95 bits per heavy atom. The first-order valence-corrected chi connectivity index (χ1v) is 8.19. The number of halogens is 1. The summed E-state index contributed by atoms with van der Waals surface area (Å²) in [6, 6.07) is 8.85. The lowest BCUT2D eigenvalue weighted by molar-refractivity contribution is -0.0685. The molecule has 2 rings (SSSR count). The van der Waals surface area contributed by atoms with Crippen LogP contribution < -0.4 is 5.32 Å². The summed E-state index contributed by atoms with van der Waals surface area (Å²) in [5.41, 5.74) is 1.34. The van der Waals surface area contributed by atoms with Crippen LogP contribution in [0.4, 0.5) is 0 Å². The van der Waals surface area contributed by atoms with Gasteiger partial charge in [-0.1, -0.05) is 34.1 Å². The predicted molar refractivity (Wildman–Crippen MR) is 87.0 cm³/mol. The first-order chi connectivity index (χ1) is 9.60. The van der Waals surface area contributed by atoms with E-state index in [1.165, 1.54) is 10.0 Å². The molecule has 1 aliphatic rings. The molecule has 20 heavy (non-hydrogen) atoms. The van der Waals surface area contributed by atoms with E-state index >= 15 is 0 Å². The molecule has 0 radical (unpaired) electrons. The van der Waals surface area contributed by atoms with Gasteiger partial charge in [0.25, 0.3) is 0 Å². The minimum absolute atomic E-state index is 0.343. The third-order valence-electron chi connectivity index (χ3n) is 3.86. The van der Waals surface area contributed by atoms with Gasteiger partial charge in [0.2, 0.25) is 0 Å². The Morgan fingerprint density at radius 3 is 2.55 bits per heavy atom. The van der Waals surface area contributed by atoms with Crippen molar-refractivity contribution in [1.29, 1.82) is 0 Å². The van der Waals surface area contributed by atoms with Crippen molar-refractivity contribution >= 4 is 15.9 Å². The van der Waals surface area contributed by atoms with Gasteiger partial charge in [0.1, 0.15) is 0 Å². The lowest BCUT2D eigenvalue weighted by Crippen LogP contribution is -2.46.